The number of unbranched alkanes of at least 4 members (excludes halogenated alkanes) is 1. The Morgan fingerprint density at radius 1 is 1.18 bits per heavy atom. The van der Waals surface area contributed by atoms with Crippen LogP contribution in [0, 0.1) is 17.7 Å². The SMILES string of the molecule is CNCC(CC(C)C)NC(=O)N1CCC[C@@H]([C@@](O)(CCCCOC)c2ccccc2Oc2ccc(F)cc2)C1. The zero-order valence-electron chi connectivity index (χ0n) is 23.9. The number of nitrogens with one attached hydrogen (secondary N) is 2. The molecule has 1 aliphatic heterocycles. The van der Waals surface area contributed by atoms with Crippen LogP contribution >= 0.6 is 0 Å². The van der Waals surface area contributed by atoms with Gasteiger partial charge >= 0.3 is 6.03 Å². The van der Waals surface area contributed by atoms with Gasteiger partial charge in [0.2, 0.25) is 0 Å². The lowest BCUT2D eigenvalue weighted by molar-refractivity contribution is -0.0575. The highest BCUT2D eigenvalue weighted by Gasteiger charge is 2.43. The van der Waals surface area contributed by atoms with Gasteiger partial charge in [-0.2, -0.15) is 0 Å². The van der Waals surface area contributed by atoms with E-state index in [4.69, 9.17) is 9.47 Å². The predicted molar refractivity (Wildman–Crippen MR) is 153 cm³/mol. The van der Waals surface area contributed by atoms with Crippen molar-refractivity contribution in [3.8, 4) is 11.5 Å². The molecule has 1 heterocycles. The van der Waals surface area contributed by atoms with Crippen LogP contribution in [0.5, 0.6) is 11.5 Å². The zero-order valence-corrected chi connectivity index (χ0v) is 23.9. The maximum absolute atomic E-state index is 13.5. The summed E-state index contributed by atoms with van der Waals surface area (Å²) in [7, 11) is 3.57. The molecule has 0 spiro atoms. The zero-order chi connectivity index (χ0) is 28.3. The van der Waals surface area contributed by atoms with Crippen molar-refractivity contribution in [2.75, 3.05) is 40.4 Å². The predicted octanol–water partition coefficient (Wildman–Crippen LogP) is 5.68. The van der Waals surface area contributed by atoms with Crippen LogP contribution in [0.1, 0.15) is 57.9 Å². The van der Waals surface area contributed by atoms with E-state index in [0.29, 0.717) is 55.6 Å². The van der Waals surface area contributed by atoms with Crippen molar-refractivity contribution in [2.24, 2.45) is 11.8 Å². The van der Waals surface area contributed by atoms with Crippen LogP contribution < -0.4 is 15.4 Å². The summed E-state index contributed by atoms with van der Waals surface area (Å²) in [5, 5.41) is 18.8. The molecular formula is C31H46FN3O4. The number of amides is 2. The van der Waals surface area contributed by atoms with E-state index in [-0.39, 0.29) is 23.8 Å². The first-order valence-corrected chi connectivity index (χ1v) is 14.2. The highest BCUT2D eigenvalue weighted by molar-refractivity contribution is 5.74. The number of hydrogen-bond donors (Lipinski definition) is 3. The molecule has 2 aromatic rings. The molecule has 216 valence electrons. The first-order chi connectivity index (χ1) is 18.8. The van der Waals surface area contributed by atoms with Crippen molar-refractivity contribution < 1.29 is 23.8 Å². The quantitative estimate of drug-likeness (QED) is 0.267. The average Bonchev–Trinajstić information content (AvgIpc) is 2.92. The van der Waals surface area contributed by atoms with E-state index < -0.39 is 5.60 Å². The molecular weight excluding hydrogens is 497 g/mol. The molecule has 1 saturated heterocycles. The standard InChI is InChI=1S/C31H46FN3O4/c1-23(2)20-26(21-33-3)34-30(36)35-18-9-10-24(22-35)31(37,17-7-8-19-38-4)28-11-5-6-12-29(28)39-27-15-13-25(32)14-16-27/h5-6,11-16,23-24,26,33,37H,7-10,17-22H2,1-4H3,(H,34,36)/t24-,26?,31+/m1/s1. The van der Waals surface area contributed by atoms with Gasteiger partial charge in [-0.15, -0.1) is 0 Å². The van der Waals surface area contributed by atoms with Gasteiger partial charge in [0, 0.05) is 50.9 Å². The van der Waals surface area contributed by atoms with Crippen molar-refractivity contribution in [2.45, 2.75) is 64.0 Å². The Bertz CT molecular complexity index is 1020. The summed E-state index contributed by atoms with van der Waals surface area (Å²) < 4.78 is 24.9. The number of carbonyl (C=O) groups is 1. The number of urea groups is 1. The van der Waals surface area contributed by atoms with Crippen LogP contribution in [0.4, 0.5) is 9.18 Å². The van der Waals surface area contributed by atoms with Crippen molar-refractivity contribution in [1.29, 1.82) is 0 Å². The number of likely N-dealkylation sites (tertiary alicyclic amines) is 1. The molecule has 0 aliphatic carbocycles. The van der Waals surface area contributed by atoms with Crippen LogP contribution in [-0.2, 0) is 10.3 Å². The second-order valence-corrected chi connectivity index (χ2v) is 11.0. The molecule has 0 bridgehead atoms. The number of piperidine rings is 1. The lowest BCUT2D eigenvalue weighted by atomic mass is 9.73. The molecule has 8 heteroatoms. The second kappa shape index (κ2) is 15.2. The first-order valence-electron chi connectivity index (χ1n) is 14.2. The monoisotopic (exact) mass is 543 g/mol. The maximum atomic E-state index is 13.5. The summed E-state index contributed by atoms with van der Waals surface area (Å²) in [5.74, 6) is 0.982. The van der Waals surface area contributed by atoms with E-state index >= 15 is 0 Å². The van der Waals surface area contributed by atoms with Gasteiger partial charge in [-0.3, -0.25) is 0 Å². The van der Waals surface area contributed by atoms with E-state index in [9.17, 15) is 14.3 Å². The average molecular weight is 544 g/mol. The summed E-state index contributed by atoms with van der Waals surface area (Å²) in [5.41, 5.74) is -0.530. The normalized spacial score (nSPS) is 18.0. The molecule has 1 fully saturated rings. The third kappa shape index (κ3) is 8.92. The minimum absolute atomic E-state index is 0.0423. The van der Waals surface area contributed by atoms with Gasteiger partial charge in [0.1, 0.15) is 17.3 Å². The Balaban J connectivity index is 1.85. The van der Waals surface area contributed by atoms with Gasteiger partial charge in [-0.1, -0.05) is 32.0 Å². The van der Waals surface area contributed by atoms with Gasteiger partial charge in [0.15, 0.2) is 0 Å². The Morgan fingerprint density at radius 3 is 2.62 bits per heavy atom. The number of halogens is 1. The molecule has 3 atom stereocenters. The summed E-state index contributed by atoms with van der Waals surface area (Å²) >= 11 is 0. The number of aliphatic hydroxyl groups is 1. The van der Waals surface area contributed by atoms with Crippen LogP contribution in [0.3, 0.4) is 0 Å². The van der Waals surface area contributed by atoms with Crippen molar-refractivity contribution in [3.63, 3.8) is 0 Å². The van der Waals surface area contributed by atoms with Gasteiger partial charge in [-0.05, 0) is 81.8 Å². The van der Waals surface area contributed by atoms with E-state index in [1.807, 2.05) is 36.2 Å². The number of carbonyl (C=O) groups excluding carboxylic acids is 1. The van der Waals surface area contributed by atoms with Crippen molar-refractivity contribution in [3.05, 3.63) is 59.9 Å². The molecule has 0 saturated carbocycles. The molecule has 2 aromatic carbocycles. The highest BCUT2D eigenvalue weighted by atomic mass is 19.1. The minimum atomic E-state index is -1.22. The van der Waals surface area contributed by atoms with Crippen molar-refractivity contribution in [1.82, 2.24) is 15.5 Å². The molecule has 1 unspecified atom stereocenters. The van der Waals surface area contributed by atoms with E-state index in [2.05, 4.69) is 24.5 Å². The summed E-state index contributed by atoms with van der Waals surface area (Å²) in [6, 6.07) is 13.3. The topological polar surface area (TPSA) is 83.1 Å². The Labute approximate surface area is 233 Å². The highest BCUT2D eigenvalue weighted by Crippen LogP contribution is 2.44. The minimum Gasteiger partial charge on any atom is -0.457 e. The smallest absolute Gasteiger partial charge is 0.317 e. The Kier molecular flexibility index (Phi) is 12.0. The molecule has 0 radical (unpaired) electrons. The summed E-state index contributed by atoms with van der Waals surface area (Å²) in [4.78, 5) is 15.2. The fourth-order valence-electron chi connectivity index (χ4n) is 5.57. The lowest BCUT2D eigenvalue weighted by Gasteiger charge is -2.43. The first kappa shape index (κ1) is 30.9. The summed E-state index contributed by atoms with van der Waals surface area (Å²) in [6.45, 7) is 6.74. The molecule has 0 aromatic heterocycles. The van der Waals surface area contributed by atoms with E-state index in [0.717, 1.165) is 32.1 Å². The van der Waals surface area contributed by atoms with Gasteiger partial charge in [-0.25, -0.2) is 9.18 Å². The third-order valence-electron chi connectivity index (χ3n) is 7.47. The second-order valence-electron chi connectivity index (χ2n) is 11.0. The molecule has 2 amide bonds. The number of ether oxygens (including phenoxy) is 2. The third-order valence-corrected chi connectivity index (χ3v) is 7.47. The Morgan fingerprint density at radius 2 is 1.92 bits per heavy atom. The van der Waals surface area contributed by atoms with Crippen LogP contribution in [0.15, 0.2) is 48.5 Å². The largest absolute Gasteiger partial charge is 0.457 e. The fraction of sp³-hybridized carbons (Fsp3) is 0.581. The van der Waals surface area contributed by atoms with Crippen LogP contribution in [0.25, 0.3) is 0 Å². The van der Waals surface area contributed by atoms with Crippen LogP contribution in [0.2, 0.25) is 0 Å². The van der Waals surface area contributed by atoms with Gasteiger partial charge in [0.25, 0.3) is 0 Å². The number of methoxy groups -OCH3 is 1. The van der Waals surface area contributed by atoms with E-state index in [1.165, 1.54) is 12.1 Å². The summed E-state index contributed by atoms with van der Waals surface area (Å²) in [6.07, 6.45) is 4.58. The van der Waals surface area contributed by atoms with Gasteiger partial charge < -0.3 is 30.1 Å². The van der Waals surface area contributed by atoms with Crippen LogP contribution in [-0.4, -0.2) is 62.5 Å². The Hall–Kier alpha value is -2.68. The number of rotatable bonds is 14. The molecule has 39 heavy (non-hydrogen) atoms. The maximum Gasteiger partial charge on any atom is 0.317 e. The molecule has 3 N–H and O–H groups in total. The molecule has 7 nitrogen and oxygen atoms in total. The number of benzene rings is 2. The fourth-order valence-corrected chi connectivity index (χ4v) is 5.57. The number of para-hydroxylation sites is 1. The number of likely N-dealkylation sites (N-methyl/N-ethyl adjacent to an activating group) is 1. The lowest BCUT2D eigenvalue weighted by Crippen LogP contribution is -2.54. The number of nitrogens with zero attached hydrogens (tertiary/aromatic N) is 1. The van der Waals surface area contributed by atoms with Crippen molar-refractivity contribution >= 4 is 6.03 Å². The van der Waals surface area contributed by atoms with Gasteiger partial charge in [0.05, 0.1) is 5.60 Å². The molecule has 1 aliphatic rings. The molecule has 3 rings (SSSR count). The van der Waals surface area contributed by atoms with E-state index in [1.54, 1.807) is 19.2 Å². The number of hydrogen-bond acceptors (Lipinski definition) is 5.